The molecule has 1 aliphatic carbocycles. The van der Waals surface area contributed by atoms with E-state index in [0.29, 0.717) is 22.3 Å². The highest BCUT2D eigenvalue weighted by molar-refractivity contribution is 8.18. The molecule has 0 radical (unpaired) electrons. The second kappa shape index (κ2) is 5.94. The van der Waals surface area contributed by atoms with E-state index in [2.05, 4.69) is 16.7 Å². The maximum Gasteiger partial charge on any atom is 0.290 e. The lowest BCUT2D eigenvalue weighted by atomic mass is 9.96. The lowest BCUT2D eigenvalue weighted by Crippen LogP contribution is -2.18. The normalized spacial score (nSPS) is 18.8. The fraction of sp³-hybridized carbons (Fsp3) is 0.286. The Balaban J connectivity index is 1.82. The van der Waals surface area contributed by atoms with Crippen molar-refractivity contribution >= 4 is 45.2 Å². The zero-order valence-corrected chi connectivity index (χ0v) is 13.0. The summed E-state index contributed by atoms with van der Waals surface area (Å²) in [4.78, 5) is 35.7. The van der Waals surface area contributed by atoms with Gasteiger partial charge in [-0.2, -0.15) is 5.26 Å². The number of carbonyl (C=O) groups excluding carboxylic acids is 3. The lowest BCUT2D eigenvalue weighted by Gasteiger charge is -2.09. The summed E-state index contributed by atoms with van der Waals surface area (Å²) in [6.45, 7) is 0. The van der Waals surface area contributed by atoms with Crippen molar-refractivity contribution in [3.63, 3.8) is 0 Å². The molecule has 6 nitrogen and oxygen atoms in total. The molecule has 1 aliphatic heterocycles. The third-order valence-electron chi connectivity index (χ3n) is 3.42. The summed E-state index contributed by atoms with van der Waals surface area (Å²) in [6.07, 6.45) is 5.02. The molecule has 8 heteroatoms. The largest absolute Gasteiger partial charge is 0.313 e. The van der Waals surface area contributed by atoms with E-state index in [4.69, 9.17) is 0 Å². The predicted molar refractivity (Wildman–Crippen MR) is 83.5 cm³/mol. The number of imide groups is 1. The Morgan fingerprint density at radius 2 is 2.09 bits per heavy atom. The van der Waals surface area contributed by atoms with Crippen LogP contribution in [0.25, 0.3) is 0 Å². The molecule has 1 aromatic rings. The van der Waals surface area contributed by atoms with E-state index in [-0.39, 0.29) is 4.91 Å². The van der Waals surface area contributed by atoms with Gasteiger partial charge in [0.15, 0.2) is 0 Å². The Morgan fingerprint density at radius 3 is 2.77 bits per heavy atom. The Bertz CT molecular complexity index is 758. The maximum absolute atomic E-state index is 12.0. The quantitative estimate of drug-likeness (QED) is 0.809. The van der Waals surface area contributed by atoms with Gasteiger partial charge in [0.25, 0.3) is 11.1 Å². The van der Waals surface area contributed by atoms with E-state index in [1.807, 2.05) is 0 Å². The van der Waals surface area contributed by atoms with E-state index in [1.165, 1.54) is 11.3 Å². The second-order valence-corrected chi connectivity index (χ2v) is 6.99. The van der Waals surface area contributed by atoms with E-state index in [0.717, 1.165) is 42.2 Å². The molecule has 3 amide bonds. The van der Waals surface area contributed by atoms with Crippen LogP contribution < -0.4 is 10.6 Å². The van der Waals surface area contributed by atoms with Crippen molar-refractivity contribution in [2.45, 2.75) is 25.7 Å². The van der Waals surface area contributed by atoms with Gasteiger partial charge in [-0.05, 0) is 43.0 Å². The van der Waals surface area contributed by atoms with Crippen LogP contribution in [0.15, 0.2) is 11.0 Å². The first-order chi connectivity index (χ1) is 10.6. The number of thiophene rings is 1. The minimum Gasteiger partial charge on any atom is -0.313 e. The van der Waals surface area contributed by atoms with Gasteiger partial charge in [-0.3, -0.25) is 19.7 Å². The van der Waals surface area contributed by atoms with Gasteiger partial charge in [-0.25, -0.2) is 0 Å². The maximum atomic E-state index is 12.0. The van der Waals surface area contributed by atoms with E-state index in [9.17, 15) is 19.6 Å². The number of hydrogen-bond acceptors (Lipinski definition) is 6. The van der Waals surface area contributed by atoms with Gasteiger partial charge in [-0.1, -0.05) is 0 Å². The average Bonchev–Trinajstić information content (AvgIpc) is 2.98. The number of aryl methyl sites for hydroxylation is 1. The van der Waals surface area contributed by atoms with Gasteiger partial charge in [0.05, 0.1) is 10.5 Å². The van der Waals surface area contributed by atoms with Gasteiger partial charge in [0.1, 0.15) is 11.1 Å². The molecule has 0 unspecified atom stereocenters. The summed E-state index contributed by atoms with van der Waals surface area (Å²) < 4.78 is 0. The van der Waals surface area contributed by atoms with Crippen LogP contribution in [-0.2, 0) is 22.4 Å². The van der Waals surface area contributed by atoms with Crippen LogP contribution in [0, 0.1) is 11.3 Å². The van der Waals surface area contributed by atoms with Crippen LogP contribution in [0.3, 0.4) is 0 Å². The number of amides is 3. The number of carbonyl (C=O) groups is 3. The molecule has 1 fully saturated rings. The standard InChI is InChI=1S/C14H11N3O3S2/c15-6-8-7-3-1-2-4-9(7)21-13(8)16-11(18)5-10-12(19)17-14(20)22-10/h5H,1-4H2,(H,16,18)(H,17,19,20)/b10-5-. The Morgan fingerprint density at radius 1 is 1.32 bits per heavy atom. The SMILES string of the molecule is N#Cc1c(NC(=O)/C=C2\SC(=O)NC2=O)sc2c1CCCC2. The number of rotatable bonds is 2. The van der Waals surface area contributed by atoms with Crippen molar-refractivity contribution < 1.29 is 14.4 Å². The van der Waals surface area contributed by atoms with Crippen LogP contribution in [-0.4, -0.2) is 17.1 Å². The molecule has 2 aliphatic rings. The van der Waals surface area contributed by atoms with Crippen LogP contribution >= 0.6 is 23.1 Å². The first kappa shape index (κ1) is 14.8. The van der Waals surface area contributed by atoms with Crippen molar-refractivity contribution in [3.8, 4) is 6.07 Å². The number of nitriles is 1. The number of hydrogen-bond donors (Lipinski definition) is 2. The third-order valence-corrected chi connectivity index (χ3v) is 5.44. The van der Waals surface area contributed by atoms with E-state index < -0.39 is 17.1 Å². The minimum absolute atomic E-state index is 0.0577. The van der Waals surface area contributed by atoms with Crippen molar-refractivity contribution in [2.24, 2.45) is 0 Å². The van der Waals surface area contributed by atoms with Crippen molar-refractivity contribution in [3.05, 3.63) is 27.0 Å². The Kier molecular flexibility index (Phi) is 4.00. The average molecular weight is 333 g/mol. The van der Waals surface area contributed by atoms with Crippen molar-refractivity contribution in [2.75, 3.05) is 5.32 Å². The predicted octanol–water partition coefficient (Wildman–Crippen LogP) is 2.30. The number of nitrogens with zero attached hydrogens (tertiary/aromatic N) is 1. The van der Waals surface area contributed by atoms with Gasteiger partial charge < -0.3 is 5.32 Å². The Labute approximate surface area is 134 Å². The fourth-order valence-corrected chi connectivity index (χ4v) is 4.36. The smallest absolute Gasteiger partial charge is 0.290 e. The molecular formula is C14H11N3O3S2. The molecule has 0 aromatic carbocycles. The topological polar surface area (TPSA) is 99.1 Å². The van der Waals surface area contributed by atoms with Gasteiger partial charge in [-0.15, -0.1) is 11.3 Å². The highest BCUT2D eigenvalue weighted by Crippen LogP contribution is 2.37. The molecule has 1 aromatic heterocycles. The third kappa shape index (κ3) is 2.77. The molecular weight excluding hydrogens is 322 g/mol. The molecule has 2 N–H and O–H groups in total. The van der Waals surface area contributed by atoms with Crippen LogP contribution in [0.2, 0.25) is 0 Å². The van der Waals surface area contributed by atoms with Crippen LogP contribution in [0.4, 0.5) is 9.80 Å². The van der Waals surface area contributed by atoms with Gasteiger partial charge in [0, 0.05) is 11.0 Å². The number of thioether (sulfide) groups is 1. The summed E-state index contributed by atoms with van der Waals surface area (Å²) in [5.41, 5.74) is 1.55. The molecule has 22 heavy (non-hydrogen) atoms. The highest BCUT2D eigenvalue weighted by atomic mass is 32.2. The van der Waals surface area contributed by atoms with Crippen LogP contribution in [0.5, 0.6) is 0 Å². The second-order valence-electron chi connectivity index (χ2n) is 4.87. The van der Waals surface area contributed by atoms with Crippen LogP contribution in [0.1, 0.15) is 28.8 Å². The summed E-state index contributed by atoms with van der Waals surface area (Å²) in [5.74, 6) is -1.08. The molecule has 0 atom stereocenters. The number of fused-ring (bicyclic) bond motifs is 1. The zero-order chi connectivity index (χ0) is 15.7. The summed E-state index contributed by atoms with van der Waals surface area (Å²) in [5, 5.41) is 14.1. The first-order valence-electron chi connectivity index (χ1n) is 6.69. The monoisotopic (exact) mass is 333 g/mol. The fourth-order valence-electron chi connectivity index (χ4n) is 2.46. The molecule has 112 valence electrons. The van der Waals surface area contributed by atoms with E-state index in [1.54, 1.807) is 0 Å². The highest BCUT2D eigenvalue weighted by Gasteiger charge is 2.26. The minimum atomic E-state index is -0.573. The van der Waals surface area contributed by atoms with Gasteiger partial charge >= 0.3 is 0 Å². The molecule has 3 rings (SSSR count). The number of nitrogens with one attached hydrogen (secondary N) is 2. The molecule has 0 spiro atoms. The van der Waals surface area contributed by atoms with Crippen molar-refractivity contribution in [1.29, 1.82) is 5.26 Å². The molecule has 0 saturated carbocycles. The summed E-state index contributed by atoms with van der Waals surface area (Å²) in [7, 11) is 0. The molecule has 0 bridgehead atoms. The molecule has 1 saturated heterocycles. The summed E-state index contributed by atoms with van der Waals surface area (Å²) >= 11 is 2.11. The van der Waals surface area contributed by atoms with E-state index >= 15 is 0 Å². The van der Waals surface area contributed by atoms with Gasteiger partial charge in [0.2, 0.25) is 5.91 Å². The van der Waals surface area contributed by atoms with Crippen molar-refractivity contribution in [1.82, 2.24) is 5.32 Å². The summed E-state index contributed by atoms with van der Waals surface area (Å²) in [6, 6.07) is 2.15. The Hall–Kier alpha value is -2.11. The zero-order valence-electron chi connectivity index (χ0n) is 11.4. The molecule has 2 heterocycles. The first-order valence-corrected chi connectivity index (χ1v) is 8.32. The number of anilines is 1. The lowest BCUT2D eigenvalue weighted by molar-refractivity contribution is -0.116.